The summed E-state index contributed by atoms with van der Waals surface area (Å²) in [6, 6.07) is 8.47. The first-order valence-electron chi connectivity index (χ1n) is 9.23. The fraction of sp³-hybridized carbons (Fsp3) is 0.632. The first-order chi connectivity index (χ1) is 12.0. The predicted molar refractivity (Wildman–Crippen MR) is 101 cm³/mol. The molecule has 0 saturated carbocycles. The van der Waals surface area contributed by atoms with Gasteiger partial charge in [-0.05, 0) is 39.3 Å². The Kier molecular flexibility index (Phi) is 9.31. The Labute approximate surface area is 152 Å². The van der Waals surface area contributed by atoms with Crippen molar-refractivity contribution < 1.29 is 19.8 Å². The van der Waals surface area contributed by atoms with E-state index >= 15 is 0 Å². The second kappa shape index (κ2) is 10.9. The SMILES string of the molecule is CC.CCN(C(=O)OC(C)C)C1CCN(c2ccc([NH2+]OC)cc2)C1. The molecule has 1 atom stereocenters. The molecular formula is C19H34N3O3+. The van der Waals surface area contributed by atoms with Crippen molar-refractivity contribution in [3.63, 3.8) is 0 Å². The lowest BCUT2D eigenvalue weighted by Crippen LogP contribution is -2.75. The zero-order chi connectivity index (χ0) is 18.8. The van der Waals surface area contributed by atoms with Crippen LogP contribution in [0.1, 0.15) is 41.0 Å². The molecule has 0 radical (unpaired) electrons. The number of likely N-dealkylation sites (N-methyl/N-ethyl adjacent to an activating group) is 1. The van der Waals surface area contributed by atoms with Crippen molar-refractivity contribution in [2.45, 2.75) is 53.2 Å². The number of nitrogens with zero attached hydrogens (tertiary/aromatic N) is 2. The topological polar surface area (TPSA) is 58.6 Å². The number of amides is 1. The Bertz CT molecular complexity index is 505. The van der Waals surface area contributed by atoms with Gasteiger partial charge in [0.15, 0.2) is 5.69 Å². The van der Waals surface area contributed by atoms with E-state index in [1.165, 1.54) is 5.69 Å². The summed E-state index contributed by atoms with van der Waals surface area (Å²) in [6.45, 7) is 12.2. The lowest BCUT2D eigenvalue weighted by molar-refractivity contribution is -0.830. The van der Waals surface area contributed by atoms with Crippen molar-refractivity contribution in [3.8, 4) is 0 Å². The van der Waals surface area contributed by atoms with E-state index in [0.717, 1.165) is 25.2 Å². The van der Waals surface area contributed by atoms with Gasteiger partial charge in [0.2, 0.25) is 0 Å². The van der Waals surface area contributed by atoms with Gasteiger partial charge >= 0.3 is 6.09 Å². The van der Waals surface area contributed by atoms with Gasteiger partial charge in [-0.2, -0.15) is 5.48 Å². The number of ether oxygens (including phenoxy) is 1. The second-order valence-electron chi connectivity index (χ2n) is 6.05. The lowest BCUT2D eigenvalue weighted by Gasteiger charge is -2.28. The average Bonchev–Trinajstić information content (AvgIpc) is 3.07. The standard InChI is InChI=1S/C17H27N3O3.C2H6/c1-5-20(17(21)23-13(2)3)16-10-11-19(12-16)15-8-6-14(7-9-15)18-22-4;1-2/h6-9,13,16,18H,5,10-12H2,1-4H3;1-2H3/p+1. The van der Waals surface area contributed by atoms with Crippen LogP contribution in [0.5, 0.6) is 0 Å². The highest BCUT2D eigenvalue weighted by Gasteiger charge is 2.31. The fourth-order valence-corrected chi connectivity index (χ4v) is 2.94. The molecule has 6 nitrogen and oxygen atoms in total. The molecule has 142 valence electrons. The van der Waals surface area contributed by atoms with Gasteiger partial charge in [0.25, 0.3) is 0 Å². The Morgan fingerprint density at radius 2 is 1.96 bits per heavy atom. The molecule has 1 fully saturated rings. The Hall–Kier alpha value is -1.79. The molecule has 1 aliphatic rings. The summed E-state index contributed by atoms with van der Waals surface area (Å²) in [6.07, 6.45) is 0.672. The maximum absolute atomic E-state index is 12.2. The van der Waals surface area contributed by atoms with Gasteiger partial charge in [0.1, 0.15) is 0 Å². The quantitative estimate of drug-likeness (QED) is 0.632. The number of benzene rings is 1. The van der Waals surface area contributed by atoms with Crippen LogP contribution >= 0.6 is 0 Å². The van der Waals surface area contributed by atoms with Crippen molar-refractivity contribution in [2.75, 3.05) is 31.6 Å². The summed E-state index contributed by atoms with van der Waals surface area (Å²) in [5.41, 5.74) is 3.94. The average molecular weight is 352 g/mol. The minimum absolute atomic E-state index is 0.0846. The molecule has 2 N–H and O–H groups in total. The first-order valence-corrected chi connectivity index (χ1v) is 9.23. The summed E-state index contributed by atoms with van der Waals surface area (Å²) in [4.78, 5) is 21.4. The zero-order valence-corrected chi connectivity index (χ0v) is 16.5. The maximum atomic E-state index is 12.2. The van der Waals surface area contributed by atoms with Crippen molar-refractivity contribution >= 4 is 17.5 Å². The molecule has 1 amide bonds. The third-order valence-corrected chi connectivity index (χ3v) is 4.03. The summed E-state index contributed by atoms with van der Waals surface area (Å²) < 4.78 is 5.35. The number of nitrogens with two attached hydrogens (primary N) is 1. The molecule has 1 saturated heterocycles. The molecule has 0 bridgehead atoms. The monoisotopic (exact) mass is 352 g/mol. The number of hydrogen-bond acceptors (Lipinski definition) is 4. The number of quaternary nitrogens is 1. The van der Waals surface area contributed by atoms with Gasteiger partial charge in [-0.25, -0.2) is 9.63 Å². The highest BCUT2D eigenvalue weighted by molar-refractivity contribution is 5.68. The van der Waals surface area contributed by atoms with Crippen LogP contribution in [0.25, 0.3) is 0 Å². The third kappa shape index (κ3) is 6.21. The van der Waals surface area contributed by atoms with E-state index in [0.29, 0.717) is 6.54 Å². The van der Waals surface area contributed by atoms with Gasteiger partial charge in [0.05, 0.1) is 19.3 Å². The molecule has 1 unspecified atom stereocenters. The normalized spacial score (nSPS) is 16.4. The van der Waals surface area contributed by atoms with Crippen LogP contribution in [-0.4, -0.2) is 49.9 Å². The van der Waals surface area contributed by atoms with Gasteiger partial charge in [-0.3, -0.25) is 0 Å². The highest BCUT2D eigenvalue weighted by atomic mass is 16.6. The van der Waals surface area contributed by atoms with Crippen LogP contribution < -0.4 is 10.4 Å². The van der Waals surface area contributed by atoms with Gasteiger partial charge in [-0.1, -0.05) is 13.8 Å². The van der Waals surface area contributed by atoms with Crippen molar-refractivity contribution in [3.05, 3.63) is 24.3 Å². The molecule has 1 aromatic rings. The minimum atomic E-state index is -0.209. The Balaban J connectivity index is 0.00000151. The molecular weight excluding hydrogens is 318 g/mol. The molecule has 0 aliphatic carbocycles. The van der Waals surface area contributed by atoms with Crippen LogP contribution in [0.15, 0.2) is 24.3 Å². The van der Waals surface area contributed by atoms with Crippen LogP contribution in [0, 0.1) is 0 Å². The van der Waals surface area contributed by atoms with Crippen molar-refractivity contribution in [1.29, 1.82) is 0 Å². The number of hydrogen-bond donors (Lipinski definition) is 1. The van der Waals surface area contributed by atoms with E-state index in [1.807, 2.05) is 51.7 Å². The zero-order valence-electron chi connectivity index (χ0n) is 16.5. The number of anilines is 1. The fourth-order valence-electron chi connectivity index (χ4n) is 2.94. The second-order valence-corrected chi connectivity index (χ2v) is 6.05. The smallest absolute Gasteiger partial charge is 0.410 e. The lowest BCUT2D eigenvalue weighted by atomic mass is 10.2. The van der Waals surface area contributed by atoms with E-state index in [9.17, 15) is 4.79 Å². The minimum Gasteiger partial charge on any atom is -0.447 e. The summed E-state index contributed by atoms with van der Waals surface area (Å²) in [5, 5.41) is 0. The number of carbonyl (C=O) groups is 1. The maximum Gasteiger partial charge on any atom is 0.410 e. The summed E-state index contributed by atoms with van der Waals surface area (Å²) in [7, 11) is 1.65. The van der Waals surface area contributed by atoms with E-state index in [1.54, 1.807) is 12.6 Å². The third-order valence-electron chi connectivity index (χ3n) is 4.03. The summed E-state index contributed by atoms with van der Waals surface area (Å²) >= 11 is 0. The van der Waals surface area contributed by atoms with E-state index in [2.05, 4.69) is 17.0 Å². The number of rotatable bonds is 6. The molecule has 25 heavy (non-hydrogen) atoms. The van der Waals surface area contributed by atoms with Crippen LogP contribution in [-0.2, 0) is 9.57 Å². The van der Waals surface area contributed by atoms with Gasteiger partial charge in [-0.15, -0.1) is 0 Å². The first kappa shape index (κ1) is 21.3. The molecule has 6 heteroatoms. The molecule has 0 aromatic heterocycles. The van der Waals surface area contributed by atoms with Gasteiger partial charge in [0, 0.05) is 37.5 Å². The largest absolute Gasteiger partial charge is 0.447 e. The van der Waals surface area contributed by atoms with E-state index < -0.39 is 0 Å². The molecule has 1 aromatic carbocycles. The Morgan fingerprint density at radius 3 is 2.48 bits per heavy atom. The van der Waals surface area contributed by atoms with E-state index in [4.69, 9.17) is 9.57 Å². The number of carbonyl (C=O) groups excluding carboxylic acids is 1. The molecule has 0 spiro atoms. The molecule has 2 rings (SSSR count). The Morgan fingerprint density at radius 1 is 1.32 bits per heavy atom. The molecule has 1 aliphatic heterocycles. The van der Waals surface area contributed by atoms with Crippen LogP contribution in [0.4, 0.5) is 16.2 Å². The van der Waals surface area contributed by atoms with Crippen molar-refractivity contribution in [1.82, 2.24) is 4.90 Å². The predicted octanol–water partition coefficient (Wildman–Crippen LogP) is 2.91. The van der Waals surface area contributed by atoms with Crippen LogP contribution in [0.2, 0.25) is 0 Å². The van der Waals surface area contributed by atoms with E-state index in [-0.39, 0.29) is 18.2 Å². The highest BCUT2D eigenvalue weighted by Crippen LogP contribution is 2.24. The van der Waals surface area contributed by atoms with Crippen molar-refractivity contribution in [2.24, 2.45) is 0 Å². The van der Waals surface area contributed by atoms with Crippen LogP contribution in [0.3, 0.4) is 0 Å². The van der Waals surface area contributed by atoms with Gasteiger partial charge < -0.3 is 14.5 Å². The molecule has 1 heterocycles. The summed E-state index contributed by atoms with van der Waals surface area (Å²) in [5.74, 6) is 0.